The summed E-state index contributed by atoms with van der Waals surface area (Å²) in [6.45, 7) is 0. The van der Waals surface area contributed by atoms with E-state index in [4.69, 9.17) is 10.5 Å². The second kappa shape index (κ2) is 5.12. The van der Waals surface area contributed by atoms with Crippen molar-refractivity contribution in [2.75, 3.05) is 7.11 Å². The standard InChI is InChI=1S/C13H13NO2S/c1-16-10-6-3-2-5-9(10)13(15)12(14)11-7-4-8-17-11/h2-8,12H,14H2,1H3. The summed E-state index contributed by atoms with van der Waals surface area (Å²) in [5.74, 6) is 0.439. The zero-order valence-corrected chi connectivity index (χ0v) is 10.2. The summed E-state index contributed by atoms with van der Waals surface area (Å²) in [6, 6.07) is 10.2. The van der Waals surface area contributed by atoms with Crippen LogP contribution in [-0.2, 0) is 0 Å². The van der Waals surface area contributed by atoms with Gasteiger partial charge in [-0.1, -0.05) is 18.2 Å². The second-order valence-electron chi connectivity index (χ2n) is 3.56. The Labute approximate surface area is 104 Å². The maximum absolute atomic E-state index is 12.2. The van der Waals surface area contributed by atoms with Crippen LogP contribution < -0.4 is 10.5 Å². The summed E-state index contributed by atoms with van der Waals surface area (Å²) in [5.41, 5.74) is 6.47. The number of para-hydroxylation sites is 1. The molecular formula is C13H13NO2S. The van der Waals surface area contributed by atoms with Crippen LogP contribution in [0.4, 0.5) is 0 Å². The van der Waals surface area contributed by atoms with E-state index in [1.807, 2.05) is 23.6 Å². The molecule has 0 aliphatic carbocycles. The average Bonchev–Trinajstić information content (AvgIpc) is 2.90. The van der Waals surface area contributed by atoms with E-state index in [0.29, 0.717) is 11.3 Å². The lowest BCUT2D eigenvalue weighted by atomic mass is 10.0. The van der Waals surface area contributed by atoms with Gasteiger partial charge in [0.1, 0.15) is 11.8 Å². The van der Waals surface area contributed by atoms with E-state index in [2.05, 4.69) is 0 Å². The third-order valence-corrected chi connectivity index (χ3v) is 3.46. The highest BCUT2D eigenvalue weighted by Gasteiger charge is 2.21. The first-order valence-electron chi connectivity index (χ1n) is 5.20. The van der Waals surface area contributed by atoms with E-state index in [1.54, 1.807) is 25.3 Å². The molecule has 1 unspecified atom stereocenters. The Morgan fingerprint density at radius 2 is 2.06 bits per heavy atom. The van der Waals surface area contributed by atoms with Crippen LogP contribution in [0.1, 0.15) is 21.3 Å². The number of ketones is 1. The minimum absolute atomic E-state index is 0.120. The number of ether oxygens (including phenoxy) is 1. The summed E-state index contributed by atoms with van der Waals surface area (Å²) in [7, 11) is 1.54. The first-order valence-corrected chi connectivity index (χ1v) is 6.08. The van der Waals surface area contributed by atoms with Crippen LogP contribution in [-0.4, -0.2) is 12.9 Å². The molecule has 1 aromatic carbocycles. The van der Waals surface area contributed by atoms with E-state index < -0.39 is 6.04 Å². The van der Waals surface area contributed by atoms with Crippen LogP contribution in [0.2, 0.25) is 0 Å². The van der Waals surface area contributed by atoms with Crippen molar-refractivity contribution in [3.63, 3.8) is 0 Å². The summed E-state index contributed by atoms with van der Waals surface area (Å²) < 4.78 is 5.16. The van der Waals surface area contributed by atoms with Gasteiger partial charge in [0.05, 0.1) is 12.7 Å². The van der Waals surface area contributed by atoms with Gasteiger partial charge in [-0.2, -0.15) is 0 Å². The molecule has 0 bridgehead atoms. The summed E-state index contributed by atoms with van der Waals surface area (Å²) in [4.78, 5) is 13.1. The van der Waals surface area contributed by atoms with E-state index in [-0.39, 0.29) is 5.78 Å². The highest BCUT2D eigenvalue weighted by molar-refractivity contribution is 7.10. The van der Waals surface area contributed by atoms with Gasteiger partial charge < -0.3 is 10.5 Å². The van der Waals surface area contributed by atoms with Crippen molar-refractivity contribution in [1.82, 2.24) is 0 Å². The lowest BCUT2D eigenvalue weighted by Crippen LogP contribution is -2.21. The van der Waals surface area contributed by atoms with Crippen molar-refractivity contribution in [2.24, 2.45) is 5.73 Å². The minimum atomic E-state index is -0.619. The molecule has 0 fully saturated rings. The van der Waals surface area contributed by atoms with Crippen molar-refractivity contribution in [3.8, 4) is 5.75 Å². The number of hydrogen-bond acceptors (Lipinski definition) is 4. The number of nitrogens with two attached hydrogens (primary N) is 1. The predicted molar refractivity (Wildman–Crippen MR) is 68.6 cm³/mol. The minimum Gasteiger partial charge on any atom is -0.496 e. The SMILES string of the molecule is COc1ccccc1C(=O)C(N)c1cccs1. The van der Waals surface area contributed by atoms with Gasteiger partial charge >= 0.3 is 0 Å². The molecule has 88 valence electrons. The third-order valence-electron chi connectivity index (χ3n) is 2.50. The van der Waals surface area contributed by atoms with Gasteiger partial charge in [-0.25, -0.2) is 0 Å². The van der Waals surface area contributed by atoms with Crippen molar-refractivity contribution in [1.29, 1.82) is 0 Å². The molecule has 0 amide bonds. The first-order chi connectivity index (χ1) is 8.24. The highest BCUT2D eigenvalue weighted by atomic mass is 32.1. The topological polar surface area (TPSA) is 52.3 Å². The summed E-state index contributed by atoms with van der Waals surface area (Å²) in [5, 5.41) is 1.91. The smallest absolute Gasteiger partial charge is 0.188 e. The molecular weight excluding hydrogens is 234 g/mol. The molecule has 2 N–H and O–H groups in total. The average molecular weight is 247 g/mol. The van der Waals surface area contributed by atoms with Gasteiger partial charge in [0.25, 0.3) is 0 Å². The molecule has 0 saturated heterocycles. The molecule has 1 atom stereocenters. The fourth-order valence-corrected chi connectivity index (χ4v) is 2.34. The molecule has 1 aromatic heterocycles. The Morgan fingerprint density at radius 1 is 1.29 bits per heavy atom. The maximum atomic E-state index is 12.2. The fraction of sp³-hybridized carbons (Fsp3) is 0.154. The molecule has 0 spiro atoms. The molecule has 0 saturated carbocycles. The maximum Gasteiger partial charge on any atom is 0.188 e. The van der Waals surface area contributed by atoms with E-state index in [1.165, 1.54) is 11.3 Å². The van der Waals surface area contributed by atoms with Crippen LogP contribution in [0.15, 0.2) is 41.8 Å². The molecule has 0 radical (unpaired) electrons. The first kappa shape index (κ1) is 11.8. The Kier molecular flexibility index (Phi) is 3.56. The van der Waals surface area contributed by atoms with Crippen molar-refractivity contribution in [2.45, 2.75) is 6.04 Å². The quantitative estimate of drug-likeness (QED) is 0.845. The van der Waals surface area contributed by atoms with Crippen molar-refractivity contribution in [3.05, 3.63) is 52.2 Å². The lowest BCUT2D eigenvalue weighted by Gasteiger charge is -2.11. The largest absolute Gasteiger partial charge is 0.496 e. The Bertz CT molecular complexity index is 508. The zero-order valence-electron chi connectivity index (χ0n) is 9.42. The van der Waals surface area contributed by atoms with Gasteiger partial charge in [-0.3, -0.25) is 4.79 Å². The zero-order chi connectivity index (χ0) is 12.3. The normalized spacial score (nSPS) is 12.1. The van der Waals surface area contributed by atoms with E-state index >= 15 is 0 Å². The van der Waals surface area contributed by atoms with Crippen LogP contribution in [0.25, 0.3) is 0 Å². The predicted octanol–water partition coefficient (Wildman–Crippen LogP) is 2.64. The van der Waals surface area contributed by atoms with Gasteiger partial charge in [0, 0.05) is 4.88 Å². The number of Topliss-reactive ketones (excluding diaryl/α,β-unsaturated/α-hetero) is 1. The second-order valence-corrected chi connectivity index (χ2v) is 4.54. The molecule has 3 nitrogen and oxygen atoms in total. The van der Waals surface area contributed by atoms with E-state index in [9.17, 15) is 4.79 Å². The number of hydrogen-bond donors (Lipinski definition) is 1. The summed E-state index contributed by atoms with van der Waals surface area (Å²) >= 11 is 1.48. The Morgan fingerprint density at radius 3 is 2.71 bits per heavy atom. The summed E-state index contributed by atoms with van der Waals surface area (Å²) in [6.07, 6.45) is 0. The Hall–Kier alpha value is -1.65. The number of benzene rings is 1. The molecule has 0 aliphatic rings. The number of methoxy groups -OCH3 is 1. The van der Waals surface area contributed by atoms with Crippen molar-refractivity contribution < 1.29 is 9.53 Å². The van der Waals surface area contributed by atoms with Gasteiger partial charge in [0.2, 0.25) is 0 Å². The van der Waals surface area contributed by atoms with Crippen molar-refractivity contribution >= 4 is 17.1 Å². The van der Waals surface area contributed by atoms with Gasteiger partial charge in [0.15, 0.2) is 5.78 Å². The number of carbonyl (C=O) groups is 1. The molecule has 4 heteroatoms. The monoisotopic (exact) mass is 247 g/mol. The molecule has 2 rings (SSSR count). The number of rotatable bonds is 4. The lowest BCUT2D eigenvalue weighted by molar-refractivity contribution is 0.0959. The van der Waals surface area contributed by atoms with Crippen LogP contribution in [0.5, 0.6) is 5.75 Å². The van der Waals surface area contributed by atoms with Crippen LogP contribution in [0, 0.1) is 0 Å². The molecule has 0 aliphatic heterocycles. The Balaban J connectivity index is 2.31. The fourth-order valence-electron chi connectivity index (χ4n) is 1.61. The van der Waals surface area contributed by atoms with Crippen LogP contribution >= 0.6 is 11.3 Å². The highest BCUT2D eigenvalue weighted by Crippen LogP contribution is 2.25. The molecule has 2 aromatic rings. The van der Waals surface area contributed by atoms with Gasteiger partial charge in [-0.15, -0.1) is 11.3 Å². The van der Waals surface area contributed by atoms with Gasteiger partial charge in [-0.05, 0) is 23.6 Å². The van der Waals surface area contributed by atoms with E-state index in [0.717, 1.165) is 4.88 Å². The number of thiophene rings is 1. The third kappa shape index (κ3) is 2.38. The van der Waals surface area contributed by atoms with Crippen LogP contribution in [0.3, 0.4) is 0 Å². The molecule has 1 heterocycles. The molecule has 17 heavy (non-hydrogen) atoms. The number of carbonyl (C=O) groups excluding carboxylic acids is 1.